The Morgan fingerprint density at radius 1 is 1.12 bits per heavy atom. The molecule has 1 saturated heterocycles. The van der Waals surface area contributed by atoms with Gasteiger partial charge in [0.15, 0.2) is 5.78 Å². The number of carbonyl (C=O) groups excluding carboxylic acids is 4. The molecule has 4 atom stereocenters. The molecule has 3 N–H and O–H groups in total. The van der Waals surface area contributed by atoms with Crippen LogP contribution in [0.1, 0.15) is 84.9 Å². The topological polar surface area (TPSA) is 132 Å². The molecule has 3 rings (SSSR count). The summed E-state index contributed by atoms with van der Waals surface area (Å²) in [5.41, 5.74) is 9.10. The smallest absolute Gasteiger partial charge is 0.307 e. The van der Waals surface area contributed by atoms with Gasteiger partial charge in [-0.3, -0.25) is 19.2 Å². The van der Waals surface area contributed by atoms with Crippen molar-refractivity contribution >= 4 is 34.9 Å². The van der Waals surface area contributed by atoms with Crippen molar-refractivity contribution in [2.24, 2.45) is 16.6 Å². The maximum Gasteiger partial charge on any atom is 0.307 e. The van der Waals surface area contributed by atoms with Gasteiger partial charge in [-0.15, -0.1) is 11.3 Å². The van der Waals surface area contributed by atoms with Crippen LogP contribution in [0.5, 0.6) is 0 Å². The largest absolute Gasteiger partial charge is 0.460 e. The van der Waals surface area contributed by atoms with Crippen molar-refractivity contribution in [2.75, 3.05) is 13.1 Å². The number of nitrogens with one attached hydrogen (secondary N) is 1. The van der Waals surface area contributed by atoms with E-state index < -0.39 is 35.0 Å². The number of thiazole rings is 1. The van der Waals surface area contributed by atoms with E-state index in [-0.39, 0.29) is 55.9 Å². The quantitative estimate of drug-likeness (QED) is 0.382. The SMILES string of the molecule is Cc1ncsc1-c1ccc(C(C)CC(=O)C2CC(OC(=O)CCN)CN2C(=O)C(NC(=O)C(C)(C)C)C(C)(C)C)cc1. The number of aromatic nitrogens is 1. The molecule has 1 fully saturated rings. The summed E-state index contributed by atoms with van der Waals surface area (Å²) in [5.74, 6) is -1.27. The Labute approximate surface area is 253 Å². The minimum absolute atomic E-state index is 0.0589. The predicted octanol–water partition coefficient (Wildman–Crippen LogP) is 4.62. The molecule has 0 spiro atoms. The van der Waals surface area contributed by atoms with Crippen molar-refractivity contribution in [3.05, 3.63) is 41.0 Å². The van der Waals surface area contributed by atoms with Crippen LogP contribution < -0.4 is 11.1 Å². The molecular formula is C32H46N4O5S. The maximum absolute atomic E-state index is 14.1. The maximum atomic E-state index is 14.1. The number of likely N-dealkylation sites (tertiary alicyclic amines) is 1. The number of nitrogens with zero attached hydrogens (tertiary/aromatic N) is 2. The van der Waals surface area contributed by atoms with Gasteiger partial charge in [-0.2, -0.15) is 0 Å². The summed E-state index contributed by atoms with van der Waals surface area (Å²) in [6.07, 6.45) is -0.145. The number of benzene rings is 1. The molecule has 2 heterocycles. The first-order valence-electron chi connectivity index (χ1n) is 14.6. The average molecular weight is 599 g/mol. The summed E-state index contributed by atoms with van der Waals surface area (Å²) in [7, 11) is 0. The number of hydrogen-bond donors (Lipinski definition) is 2. The minimum atomic E-state index is -0.863. The van der Waals surface area contributed by atoms with Gasteiger partial charge in [0.05, 0.1) is 35.1 Å². The lowest BCUT2D eigenvalue weighted by molar-refractivity contribution is -0.149. The number of aryl methyl sites for hydroxylation is 1. The van der Waals surface area contributed by atoms with Gasteiger partial charge < -0.3 is 20.7 Å². The lowest BCUT2D eigenvalue weighted by atomic mass is 9.84. The van der Waals surface area contributed by atoms with Gasteiger partial charge in [0.25, 0.3) is 0 Å². The van der Waals surface area contributed by atoms with Crippen molar-refractivity contribution in [2.45, 2.75) is 98.8 Å². The number of hydrogen-bond acceptors (Lipinski definition) is 8. The van der Waals surface area contributed by atoms with Gasteiger partial charge in [-0.05, 0) is 29.4 Å². The van der Waals surface area contributed by atoms with Crippen LogP contribution in [0.2, 0.25) is 0 Å². The standard InChI is InChI=1S/C32H46N4O5S/c1-19(21-9-11-22(12-10-21)27-20(2)34-18-42-27)15-25(37)24-16-23(41-26(38)13-14-33)17-36(24)29(39)28(31(3,4)5)35-30(40)32(6,7)8/h9-12,18-19,23-24,28H,13-17,33H2,1-8H3,(H,35,40). The van der Waals surface area contributed by atoms with Crippen LogP contribution in [0.15, 0.2) is 29.8 Å². The molecule has 230 valence electrons. The second-order valence-corrected chi connectivity index (χ2v) is 14.2. The number of nitrogens with two attached hydrogens (primary N) is 1. The van der Waals surface area contributed by atoms with E-state index in [1.165, 1.54) is 4.90 Å². The summed E-state index contributed by atoms with van der Waals surface area (Å²) in [5, 5.41) is 2.93. The molecule has 0 saturated carbocycles. The van der Waals surface area contributed by atoms with E-state index in [2.05, 4.69) is 10.3 Å². The molecule has 1 aromatic carbocycles. The summed E-state index contributed by atoms with van der Waals surface area (Å²) >= 11 is 1.59. The zero-order valence-electron chi connectivity index (χ0n) is 26.2. The summed E-state index contributed by atoms with van der Waals surface area (Å²) in [6.45, 7) is 15.2. The van der Waals surface area contributed by atoms with Crippen molar-refractivity contribution in [1.82, 2.24) is 15.2 Å². The molecule has 4 unspecified atom stereocenters. The Balaban J connectivity index is 1.83. The number of ether oxygens (including phenoxy) is 1. The zero-order chi connectivity index (χ0) is 31.4. The van der Waals surface area contributed by atoms with Crippen LogP contribution in [0.25, 0.3) is 10.4 Å². The monoisotopic (exact) mass is 598 g/mol. The van der Waals surface area contributed by atoms with Crippen molar-refractivity contribution in [3.8, 4) is 10.4 Å². The highest BCUT2D eigenvalue weighted by atomic mass is 32.1. The molecule has 1 aromatic heterocycles. The van der Waals surface area contributed by atoms with Gasteiger partial charge in [0.1, 0.15) is 12.1 Å². The fraction of sp³-hybridized carbons (Fsp3) is 0.594. The molecule has 0 bridgehead atoms. The highest BCUT2D eigenvalue weighted by Crippen LogP contribution is 2.32. The van der Waals surface area contributed by atoms with Crippen molar-refractivity contribution in [1.29, 1.82) is 0 Å². The Morgan fingerprint density at radius 3 is 2.29 bits per heavy atom. The summed E-state index contributed by atoms with van der Waals surface area (Å²) in [4.78, 5) is 60.0. The van der Waals surface area contributed by atoms with E-state index in [1.54, 1.807) is 32.1 Å². The summed E-state index contributed by atoms with van der Waals surface area (Å²) < 4.78 is 5.60. The third-order valence-electron chi connectivity index (χ3n) is 7.63. The molecule has 0 radical (unpaired) electrons. The Bertz CT molecular complexity index is 1280. The molecule has 1 aliphatic heterocycles. The number of ketones is 1. The molecule has 1 aliphatic rings. The first kappa shape index (κ1) is 33.4. The molecule has 2 amide bonds. The van der Waals surface area contributed by atoms with Gasteiger partial charge >= 0.3 is 5.97 Å². The molecular weight excluding hydrogens is 552 g/mol. The predicted molar refractivity (Wildman–Crippen MR) is 165 cm³/mol. The second kappa shape index (κ2) is 13.5. The van der Waals surface area contributed by atoms with Crippen LogP contribution in [0, 0.1) is 17.8 Å². The molecule has 2 aromatic rings. The highest BCUT2D eigenvalue weighted by Gasteiger charge is 2.46. The van der Waals surface area contributed by atoms with E-state index in [1.807, 2.05) is 64.4 Å². The van der Waals surface area contributed by atoms with Gasteiger partial charge in [0, 0.05) is 24.8 Å². The van der Waals surface area contributed by atoms with Crippen molar-refractivity contribution < 1.29 is 23.9 Å². The van der Waals surface area contributed by atoms with Crippen LogP contribution in [0.3, 0.4) is 0 Å². The third kappa shape index (κ3) is 8.25. The number of Topliss-reactive ketones (excluding diaryl/α,β-unsaturated/α-hetero) is 1. The lowest BCUT2D eigenvalue weighted by Crippen LogP contribution is -2.58. The van der Waals surface area contributed by atoms with Gasteiger partial charge in [0.2, 0.25) is 11.8 Å². The minimum Gasteiger partial charge on any atom is -0.460 e. The van der Waals surface area contributed by atoms with Crippen LogP contribution in [-0.4, -0.2) is 64.7 Å². The Hall–Kier alpha value is -3.11. The van der Waals surface area contributed by atoms with E-state index in [4.69, 9.17) is 10.5 Å². The van der Waals surface area contributed by atoms with Crippen LogP contribution in [-0.2, 0) is 23.9 Å². The first-order valence-corrected chi connectivity index (χ1v) is 15.4. The molecule has 0 aliphatic carbocycles. The number of carbonyl (C=O) groups is 4. The molecule has 10 heteroatoms. The molecule has 42 heavy (non-hydrogen) atoms. The van der Waals surface area contributed by atoms with E-state index >= 15 is 0 Å². The Kier molecular flexibility index (Phi) is 10.7. The third-order valence-corrected chi connectivity index (χ3v) is 8.61. The van der Waals surface area contributed by atoms with Crippen molar-refractivity contribution in [3.63, 3.8) is 0 Å². The summed E-state index contributed by atoms with van der Waals surface area (Å²) in [6, 6.07) is 6.50. The number of esters is 1. The second-order valence-electron chi connectivity index (χ2n) is 13.4. The highest BCUT2D eigenvalue weighted by molar-refractivity contribution is 7.13. The number of rotatable bonds is 10. The first-order chi connectivity index (χ1) is 19.5. The molecule has 9 nitrogen and oxygen atoms in total. The normalized spacial score (nSPS) is 18.8. The Morgan fingerprint density at radius 2 is 1.76 bits per heavy atom. The van der Waals surface area contributed by atoms with E-state index in [0.29, 0.717) is 0 Å². The van der Waals surface area contributed by atoms with Crippen LogP contribution >= 0.6 is 11.3 Å². The average Bonchev–Trinajstić information content (AvgIpc) is 3.51. The van der Waals surface area contributed by atoms with Gasteiger partial charge in [-0.25, -0.2) is 4.98 Å². The van der Waals surface area contributed by atoms with E-state index in [0.717, 1.165) is 21.7 Å². The fourth-order valence-corrected chi connectivity index (χ4v) is 5.87. The lowest BCUT2D eigenvalue weighted by Gasteiger charge is -2.36. The van der Waals surface area contributed by atoms with Crippen LogP contribution in [0.4, 0.5) is 0 Å². The fourth-order valence-electron chi connectivity index (χ4n) is 5.05. The van der Waals surface area contributed by atoms with Gasteiger partial charge in [-0.1, -0.05) is 72.7 Å². The van der Waals surface area contributed by atoms with E-state index in [9.17, 15) is 19.2 Å². The number of amides is 2. The zero-order valence-corrected chi connectivity index (χ0v) is 27.0.